The Labute approximate surface area is 116 Å². The highest BCUT2D eigenvalue weighted by Crippen LogP contribution is 2.14. The molecule has 1 aromatic rings. The summed E-state index contributed by atoms with van der Waals surface area (Å²) in [5.74, 6) is 0.317. The molecule has 0 spiro atoms. The van der Waals surface area contributed by atoms with E-state index in [2.05, 4.69) is 25.6 Å². The van der Waals surface area contributed by atoms with Gasteiger partial charge in [0.05, 0.1) is 6.10 Å². The van der Waals surface area contributed by atoms with E-state index in [4.69, 9.17) is 0 Å². The predicted octanol–water partition coefficient (Wildman–Crippen LogP) is 1.53. The lowest BCUT2D eigenvalue weighted by atomic mass is 10.1. The molecule has 1 aromatic heterocycles. The molecule has 7 heteroatoms. The zero-order valence-electron chi connectivity index (χ0n) is 10.3. The molecule has 0 bridgehead atoms. The van der Waals surface area contributed by atoms with E-state index in [1.165, 1.54) is 18.5 Å². The van der Waals surface area contributed by atoms with Crippen LogP contribution < -0.4 is 4.72 Å². The van der Waals surface area contributed by atoms with Crippen molar-refractivity contribution in [1.82, 2.24) is 9.71 Å². The first-order valence-corrected chi connectivity index (χ1v) is 7.87. The third-order valence-electron chi connectivity index (χ3n) is 2.24. The van der Waals surface area contributed by atoms with Crippen LogP contribution in [0.25, 0.3) is 0 Å². The zero-order valence-corrected chi connectivity index (χ0v) is 12.7. The summed E-state index contributed by atoms with van der Waals surface area (Å²) in [6.45, 7) is 3.94. The van der Waals surface area contributed by atoms with Gasteiger partial charge in [-0.25, -0.2) is 13.1 Å². The quantitative estimate of drug-likeness (QED) is 0.825. The SMILES string of the molecule is CC(C)CC(O)CNS(=O)(=O)c1cncc(Br)c1. The Bertz CT molecular complexity index is 491. The Balaban J connectivity index is 2.66. The van der Waals surface area contributed by atoms with E-state index in [9.17, 15) is 13.5 Å². The number of nitrogens with one attached hydrogen (secondary N) is 1. The molecule has 0 saturated heterocycles. The van der Waals surface area contributed by atoms with E-state index in [1.807, 2.05) is 13.8 Å². The van der Waals surface area contributed by atoms with Gasteiger partial charge >= 0.3 is 0 Å². The normalized spacial score (nSPS) is 13.8. The maximum atomic E-state index is 11.9. The van der Waals surface area contributed by atoms with Crippen molar-refractivity contribution in [1.29, 1.82) is 0 Å². The van der Waals surface area contributed by atoms with Gasteiger partial charge in [0.1, 0.15) is 4.90 Å². The van der Waals surface area contributed by atoms with Crippen molar-refractivity contribution in [2.45, 2.75) is 31.3 Å². The highest BCUT2D eigenvalue weighted by molar-refractivity contribution is 9.10. The summed E-state index contributed by atoms with van der Waals surface area (Å²) in [5, 5.41) is 9.63. The van der Waals surface area contributed by atoms with E-state index in [0.717, 1.165) is 0 Å². The van der Waals surface area contributed by atoms with Crippen molar-refractivity contribution in [2.75, 3.05) is 6.54 Å². The molecular weight excluding hydrogens is 320 g/mol. The van der Waals surface area contributed by atoms with Gasteiger partial charge in [-0.3, -0.25) is 4.98 Å². The van der Waals surface area contributed by atoms with Crippen LogP contribution in [-0.4, -0.2) is 31.2 Å². The lowest BCUT2D eigenvalue weighted by Gasteiger charge is -2.14. The highest BCUT2D eigenvalue weighted by atomic mass is 79.9. The number of halogens is 1. The molecule has 1 atom stereocenters. The lowest BCUT2D eigenvalue weighted by Crippen LogP contribution is -2.32. The largest absolute Gasteiger partial charge is 0.392 e. The molecule has 0 amide bonds. The fourth-order valence-corrected chi connectivity index (χ4v) is 3.03. The van der Waals surface area contributed by atoms with E-state index in [1.54, 1.807) is 0 Å². The molecule has 0 aliphatic rings. The highest BCUT2D eigenvalue weighted by Gasteiger charge is 2.17. The fraction of sp³-hybridized carbons (Fsp3) is 0.545. The number of hydrogen-bond donors (Lipinski definition) is 2. The Hall–Kier alpha value is -0.500. The lowest BCUT2D eigenvalue weighted by molar-refractivity contribution is 0.152. The molecule has 0 aliphatic heterocycles. The van der Waals surface area contributed by atoms with Crippen LogP contribution in [0.3, 0.4) is 0 Å². The van der Waals surface area contributed by atoms with Gasteiger partial charge in [-0.05, 0) is 34.3 Å². The fourth-order valence-electron chi connectivity index (χ4n) is 1.46. The molecular formula is C11H17BrN2O3S. The van der Waals surface area contributed by atoms with E-state index in [-0.39, 0.29) is 11.4 Å². The van der Waals surface area contributed by atoms with Gasteiger partial charge in [-0.15, -0.1) is 0 Å². The van der Waals surface area contributed by atoms with E-state index in [0.29, 0.717) is 16.8 Å². The van der Waals surface area contributed by atoms with Crippen molar-refractivity contribution in [3.8, 4) is 0 Å². The maximum absolute atomic E-state index is 11.9. The van der Waals surface area contributed by atoms with Crippen LogP contribution in [0.5, 0.6) is 0 Å². The molecule has 5 nitrogen and oxygen atoms in total. The second kappa shape index (κ2) is 6.60. The molecule has 1 heterocycles. The number of sulfonamides is 1. The molecule has 102 valence electrons. The molecule has 0 saturated carbocycles. The average Bonchev–Trinajstić information content (AvgIpc) is 2.26. The Morgan fingerprint density at radius 3 is 2.67 bits per heavy atom. The monoisotopic (exact) mass is 336 g/mol. The summed E-state index contributed by atoms with van der Waals surface area (Å²) in [4.78, 5) is 3.87. The topological polar surface area (TPSA) is 79.3 Å². The Kier molecular flexibility index (Phi) is 5.71. The summed E-state index contributed by atoms with van der Waals surface area (Å²) in [6.07, 6.45) is 2.65. The standard InChI is InChI=1S/C11H17BrN2O3S/c1-8(2)3-10(15)6-14-18(16,17)11-4-9(12)5-13-7-11/h4-5,7-8,10,14-15H,3,6H2,1-2H3. The summed E-state index contributed by atoms with van der Waals surface area (Å²) < 4.78 is 26.7. The second-order valence-corrected chi connectivity index (χ2v) is 7.16. The number of aliphatic hydroxyl groups is 1. The van der Waals surface area contributed by atoms with Gasteiger partial charge < -0.3 is 5.11 Å². The predicted molar refractivity (Wildman–Crippen MR) is 72.6 cm³/mol. The molecule has 0 fully saturated rings. The summed E-state index contributed by atoms with van der Waals surface area (Å²) in [5.41, 5.74) is 0. The first-order chi connectivity index (χ1) is 8.31. The molecule has 1 rings (SSSR count). The minimum Gasteiger partial charge on any atom is -0.392 e. The molecule has 2 N–H and O–H groups in total. The van der Waals surface area contributed by atoms with Crippen molar-refractivity contribution in [2.24, 2.45) is 5.92 Å². The van der Waals surface area contributed by atoms with Crippen molar-refractivity contribution >= 4 is 26.0 Å². The summed E-state index contributed by atoms with van der Waals surface area (Å²) in [6, 6.07) is 1.46. The number of rotatable bonds is 6. The van der Waals surface area contributed by atoms with Gasteiger partial charge in [0.25, 0.3) is 0 Å². The molecule has 18 heavy (non-hydrogen) atoms. The first-order valence-electron chi connectivity index (χ1n) is 5.59. The van der Waals surface area contributed by atoms with Gasteiger partial charge in [0.15, 0.2) is 0 Å². The van der Waals surface area contributed by atoms with E-state index < -0.39 is 16.1 Å². The van der Waals surface area contributed by atoms with Crippen LogP contribution in [0.4, 0.5) is 0 Å². The minimum atomic E-state index is -3.62. The van der Waals surface area contributed by atoms with Crippen LogP contribution in [0.1, 0.15) is 20.3 Å². The molecule has 1 unspecified atom stereocenters. The number of aromatic nitrogens is 1. The van der Waals surface area contributed by atoms with Crippen LogP contribution >= 0.6 is 15.9 Å². The van der Waals surface area contributed by atoms with Crippen LogP contribution in [0.15, 0.2) is 27.8 Å². The zero-order chi connectivity index (χ0) is 13.8. The summed E-state index contributed by atoms with van der Waals surface area (Å²) in [7, 11) is -3.62. The van der Waals surface area contributed by atoms with Crippen LogP contribution in [0, 0.1) is 5.92 Å². The summed E-state index contributed by atoms with van der Waals surface area (Å²) >= 11 is 3.16. The Morgan fingerprint density at radius 1 is 1.44 bits per heavy atom. The Morgan fingerprint density at radius 2 is 2.11 bits per heavy atom. The number of pyridine rings is 1. The minimum absolute atomic E-state index is 0.00697. The third kappa shape index (κ3) is 5.01. The number of nitrogens with zero attached hydrogens (tertiary/aromatic N) is 1. The van der Waals surface area contributed by atoms with Gasteiger partial charge in [0, 0.05) is 23.4 Å². The van der Waals surface area contributed by atoms with Gasteiger partial charge in [-0.1, -0.05) is 13.8 Å². The molecule has 0 aliphatic carbocycles. The molecule has 0 radical (unpaired) electrons. The van der Waals surface area contributed by atoms with Gasteiger partial charge in [-0.2, -0.15) is 0 Å². The van der Waals surface area contributed by atoms with Crippen molar-refractivity contribution < 1.29 is 13.5 Å². The van der Waals surface area contributed by atoms with Crippen molar-refractivity contribution in [3.05, 3.63) is 22.9 Å². The molecule has 0 aromatic carbocycles. The number of hydrogen-bond acceptors (Lipinski definition) is 4. The van der Waals surface area contributed by atoms with Crippen LogP contribution in [0.2, 0.25) is 0 Å². The van der Waals surface area contributed by atoms with Crippen LogP contribution in [-0.2, 0) is 10.0 Å². The van der Waals surface area contributed by atoms with Gasteiger partial charge in [0.2, 0.25) is 10.0 Å². The van der Waals surface area contributed by atoms with Crippen molar-refractivity contribution in [3.63, 3.8) is 0 Å². The average molecular weight is 337 g/mol. The first kappa shape index (κ1) is 15.6. The van der Waals surface area contributed by atoms with E-state index >= 15 is 0 Å². The second-order valence-electron chi connectivity index (χ2n) is 4.47. The number of aliphatic hydroxyl groups excluding tert-OH is 1. The third-order valence-corrected chi connectivity index (χ3v) is 4.07. The maximum Gasteiger partial charge on any atom is 0.242 e. The smallest absolute Gasteiger partial charge is 0.242 e.